The zero-order chi connectivity index (χ0) is 15.8. The number of benzene rings is 2. The minimum Gasteiger partial charge on any atom is -0.476 e. The predicted molar refractivity (Wildman–Crippen MR) is 89.4 cm³/mol. The molecule has 4 heteroatoms. The minimum absolute atomic E-state index is 0.0199. The molecule has 0 unspecified atom stereocenters. The zero-order valence-electron chi connectivity index (χ0n) is 12.1. The molecule has 23 heavy (non-hydrogen) atoms. The Balaban J connectivity index is 2.01. The van der Waals surface area contributed by atoms with E-state index in [1.54, 1.807) is 6.07 Å². The Hall–Kier alpha value is -3.27. The lowest BCUT2D eigenvalue weighted by Gasteiger charge is -2.08. The Labute approximate surface area is 132 Å². The average molecular weight is 300 g/mol. The number of carboxylic acids is 1. The van der Waals surface area contributed by atoms with Crippen molar-refractivity contribution in [2.45, 2.75) is 0 Å². The normalized spacial score (nSPS) is 11.0. The molecule has 0 aliphatic carbocycles. The van der Waals surface area contributed by atoms with E-state index in [0.717, 1.165) is 16.3 Å². The molecule has 0 saturated carbocycles. The highest BCUT2D eigenvalue weighted by Crippen LogP contribution is 2.27. The summed E-state index contributed by atoms with van der Waals surface area (Å²) in [5.74, 6) is -1.05. The van der Waals surface area contributed by atoms with Gasteiger partial charge in [-0.05, 0) is 24.3 Å². The van der Waals surface area contributed by atoms with Crippen LogP contribution in [0.3, 0.4) is 0 Å². The number of rotatable bonds is 2. The first-order chi connectivity index (χ1) is 11.2. The molecule has 2 aromatic heterocycles. The van der Waals surface area contributed by atoms with Gasteiger partial charge in [-0.25, -0.2) is 14.8 Å². The van der Waals surface area contributed by atoms with Gasteiger partial charge in [-0.3, -0.25) is 0 Å². The van der Waals surface area contributed by atoms with Crippen LogP contribution in [0.2, 0.25) is 0 Å². The summed E-state index contributed by atoms with van der Waals surface area (Å²) in [6, 6.07) is 20.8. The fourth-order valence-electron chi connectivity index (χ4n) is 2.69. The van der Waals surface area contributed by atoms with Crippen LogP contribution in [0.1, 0.15) is 10.5 Å². The van der Waals surface area contributed by atoms with Crippen molar-refractivity contribution in [1.29, 1.82) is 0 Å². The van der Waals surface area contributed by atoms with Crippen LogP contribution < -0.4 is 0 Å². The number of pyridine rings is 2. The van der Waals surface area contributed by atoms with E-state index in [1.165, 1.54) is 0 Å². The second-order valence-corrected chi connectivity index (χ2v) is 5.27. The van der Waals surface area contributed by atoms with Crippen LogP contribution in [0, 0.1) is 0 Å². The number of hydrogen-bond acceptors (Lipinski definition) is 3. The molecule has 0 aliphatic rings. The molecule has 2 aromatic carbocycles. The van der Waals surface area contributed by atoms with Gasteiger partial charge in [-0.15, -0.1) is 0 Å². The van der Waals surface area contributed by atoms with Crippen molar-refractivity contribution in [3.8, 4) is 11.3 Å². The standard InChI is InChI=1S/C19H12N2O2/c22-19(23)18-14(11-13-6-2-4-8-16(13)21-18)17-10-9-12-5-1-3-7-15(12)20-17/h1-11H,(H,22,23). The van der Waals surface area contributed by atoms with Crippen LogP contribution in [0.5, 0.6) is 0 Å². The Morgan fingerprint density at radius 3 is 2.17 bits per heavy atom. The summed E-state index contributed by atoms with van der Waals surface area (Å²) in [5, 5.41) is 11.4. The number of fused-ring (bicyclic) bond motifs is 2. The summed E-state index contributed by atoms with van der Waals surface area (Å²) in [6.45, 7) is 0. The van der Waals surface area contributed by atoms with E-state index in [0.29, 0.717) is 16.8 Å². The molecule has 1 N–H and O–H groups in total. The quantitative estimate of drug-likeness (QED) is 0.604. The Morgan fingerprint density at radius 2 is 1.43 bits per heavy atom. The van der Waals surface area contributed by atoms with Crippen molar-refractivity contribution in [1.82, 2.24) is 9.97 Å². The van der Waals surface area contributed by atoms with E-state index in [1.807, 2.05) is 60.7 Å². The van der Waals surface area contributed by atoms with Crippen molar-refractivity contribution in [3.05, 3.63) is 72.4 Å². The summed E-state index contributed by atoms with van der Waals surface area (Å²) >= 11 is 0. The van der Waals surface area contributed by atoms with E-state index in [4.69, 9.17) is 0 Å². The highest BCUT2D eigenvalue weighted by molar-refractivity contribution is 5.98. The summed E-state index contributed by atoms with van der Waals surface area (Å²) in [6.07, 6.45) is 0. The minimum atomic E-state index is -1.05. The lowest BCUT2D eigenvalue weighted by Crippen LogP contribution is -2.04. The van der Waals surface area contributed by atoms with Crippen molar-refractivity contribution >= 4 is 27.8 Å². The number of carbonyl (C=O) groups is 1. The molecule has 0 atom stereocenters. The lowest BCUT2D eigenvalue weighted by atomic mass is 10.0. The van der Waals surface area contributed by atoms with Crippen LogP contribution in [0.25, 0.3) is 33.1 Å². The van der Waals surface area contributed by atoms with Crippen LogP contribution >= 0.6 is 0 Å². The smallest absolute Gasteiger partial charge is 0.355 e. The topological polar surface area (TPSA) is 63.1 Å². The van der Waals surface area contributed by atoms with Gasteiger partial charge in [0.05, 0.1) is 16.7 Å². The molecule has 4 nitrogen and oxygen atoms in total. The third kappa shape index (κ3) is 2.30. The predicted octanol–water partition coefficient (Wildman–Crippen LogP) is 4.15. The van der Waals surface area contributed by atoms with Gasteiger partial charge < -0.3 is 5.11 Å². The fourth-order valence-corrected chi connectivity index (χ4v) is 2.69. The molecule has 0 bridgehead atoms. The first kappa shape index (κ1) is 13.4. The van der Waals surface area contributed by atoms with Gasteiger partial charge in [0.15, 0.2) is 5.69 Å². The van der Waals surface area contributed by atoms with Gasteiger partial charge in [-0.1, -0.05) is 42.5 Å². The van der Waals surface area contributed by atoms with Crippen molar-refractivity contribution in [2.75, 3.05) is 0 Å². The summed E-state index contributed by atoms with van der Waals surface area (Å²) < 4.78 is 0. The van der Waals surface area contributed by atoms with Gasteiger partial charge >= 0.3 is 5.97 Å². The number of carboxylic acid groups (broad SMARTS) is 1. The Morgan fingerprint density at radius 1 is 0.783 bits per heavy atom. The molecule has 0 fully saturated rings. The van der Waals surface area contributed by atoms with E-state index in [2.05, 4.69) is 9.97 Å². The van der Waals surface area contributed by atoms with E-state index in [-0.39, 0.29) is 5.69 Å². The molecule has 2 heterocycles. The van der Waals surface area contributed by atoms with E-state index < -0.39 is 5.97 Å². The lowest BCUT2D eigenvalue weighted by molar-refractivity contribution is 0.0692. The van der Waals surface area contributed by atoms with Gasteiger partial charge in [0.1, 0.15) is 0 Å². The maximum Gasteiger partial charge on any atom is 0.355 e. The highest BCUT2D eigenvalue weighted by Gasteiger charge is 2.16. The molecule has 0 saturated heterocycles. The fraction of sp³-hybridized carbons (Fsp3) is 0. The van der Waals surface area contributed by atoms with Gasteiger partial charge in [0, 0.05) is 16.3 Å². The largest absolute Gasteiger partial charge is 0.476 e. The Bertz CT molecular complexity index is 1060. The van der Waals surface area contributed by atoms with Crippen LogP contribution in [0.4, 0.5) is 0 Å². The Kier molecular flexibility index (Phi) is 3.01. The highest BCUT2D eigenvalue weighted by atomic mass is 16.4. The molecular formula is C19H12N2O2. The monoisotopic (exact) mass is 300 g/mol. The number of hydrogen-bond donors (Lipinski definition) is 1. The van der Waals surface area contributed by atoms with E-state index in [9.17, 15) is 9.90 Å². The second-order valence-electron chi connectivity index (χ2n) is 5.27. The second kappa shape index (κ2) is 5.18. The van der Waals surface area contributed by atoms with Crippen LogP contribution in [0.15, 0.2) is 66.7 Å². The number of aromatic carboxylic acids is 1. The molecule has 110 valence electrons. The number of aromatic nitrogens is 2. The summed E-state index contributed by atoms with van der Waals surface area (Å²) in [4.78, 5) is 20.5. The van der Waals surface area contributed by atoms with Crippen molar-refractivity contribution in [2.24, 2.45) is 0 Å². The van der Waals surface area contributed by atoms with Crippen LogP contribution in [-0.2, 0) is 0 Å². The third-order valence-electron chi connectivity index (χ3n) is 3.80. The molecule has 0 aliphatic heterocycles. The first-order valence-electron chi connectivity index (χ1n) is 7.21. The first-order valence-corrected chi connectivity index (χ1v) is 7.21. The summed E-state index contributed by atoms with van der Waals surface area (Å²) in [5.41, 5.74) is 2.65. The molecular weight excluding hydrogens is 288 g/mol. The zero-order valence-corrected chi connectivity index (χ0v) is 12.1. The third-order valence-corrected chi connectivity index (χ3v) is 3.80. The molecule has 0 amide bonds. The molecule has 4 aromatic rings. The van der Waals surface area contributed by atoms with Gasteiger partial charge in [0.2, 0.25) is 0 Å². The van der Waals surface area contributed by atoms with Crippen LogP contribution in [-0.4, -0.2) is 21.0 Å². The maximum atomic E-state index is 11.6. The van der Waals surface area contributed by atoms with Crippen molar-refractivity contribution in [3.63, 3.8) is 0 Å². The number of nitrogens with zero attached hydrogens (tertiary/aromatic N) is 2. The summed E-state index contributed by atoms with van der Waals surface area (Å²) in [7, 11) is 0. The maximum absolute atomic E-state index is 11.6. The molecule has 4 rings (SSSR count). The average Bonchev–Trinajstić information content (AvgIpc) is 2.60. The molecule has 0 spiro atoms. The SMILES string of the molecule is O=C(O)c1nc2ccccc2cc1-c1ccc2ccccc2n1. The van der Waals surface area contributed by atoms with Gasteiger partial charge in [0.25, 0.3) is 0 Å². The van der Waals surface area contributed by atoms with Crippen molar-refractivity contribution < 1.29 is 9.90 Å². The van der Waals surface area contributed by atoms with Gasteiger partial charge in [-0.2, -0.15) is 0 Å². The van der Waals surface area contributed by atoms with E-state index >= 15 is 0 Å². The number of para-hydroxylation sites is 2. The molecule has 0 radical (unpaired) electrons.